The molecule has 0 unspecified atom stereocenters. The van der Waals surface area contributed by atoms with Crippen LogP contribution in [0.4, 0.5) is 0 Å². The minimum atomic E-state index is -1.08. The molecule has 2 rings (SSSR count). The lowest BCUT2D eigenvalue weighted by Gasteiger charge is -2.17. The first-order valence-electron chi connectivity index (χ1n) is 6.47. The lowest BCUT2D eigenvalue weighted by Crippen LogP contribution is -2.36. The molecule has 108 valence electrons. The molecule has 0 aliphatic heterocycles. The van der Waals surface area contributed by atoms with E-state index in [1.165, 1.54) is 0 Å². The fourth-order valence-corrected chi connectivity index (χ4v) is 2.01. The van der Waals surface area contributed by atoms with Gasteiger partial charge >= 0.3 is 5.97 Å². The number of carboxylic acid groups (broad SMARTS) is 1. The highest BCUT2D eigenvalue weighted by Crippen LogP contribution is 2.11. The summed E-state index contributed by atoms with van der Waals surface area (Å²) in [5.74, 6) is 1.61. The summed E-state index contributed by atoms with van der Waals surface area (Å²) in [6.07, 6.45) is 5.72. The zero-order valence-corrected chi connectivity index (χ0v) is 11.4. The van der Waals surface area contributed by atoms with Gasteiger partial charge in [0.1, 0.15) is 12.4 Å². The summed E-state index contributed by atoms with van der Waals surface area (Å²) in [7, 11) is 0. The topological polar surface area (TPSA) is 86.3 Å². The maximum absolute atomic E-state index is 12.0. The number of nitrogens with one attached hydrogen (secondary N) is 1. The van der Waals surface area contributed by atoms with Crippen molar-refractivity contribution >= 4 is 22.9 Å². The number of fused-ring (bicyclic) bond motifs is 1. The number of hydrogen-bond donors (Lipinski definition) is 2. The Morgan fingerprint density at radius 2 is 2.14 bits per heavy atom. The quantitative estimate of drug-likeness (QED) is 0.776. The van der Waals surface area contributed by atoms with Crippen molar-refractivity contribution in [2.45, 2.75) is 12.8 Å². The van der Waals surface area contributed by atoms with Crippen LogP contribution in [0.25, 0.3) is 11.0 Å². The van der Waals surface area contributed by atoms with E-state index in [2.05, 4.69) is 15.9 Å². The Balaban J connectivity index is 1.98. The molecule has 6 heteroatoms. The van der Waals surface area contributed by atoms with Crippen LogP contribution >= 0.6 is 0 Å². The number of rotatable bonds is 6. The van der Waals surface area contributed by atoms with Crippen LogP contribution in [0.1, 0.15) is 12.2 Å². The number of terminal acetylenes is 1. The zero-order chi connectivity index (χ0) is 15.2. The summed E-state index contributed by atoms with van der Waals surface area (Å²) in [5, 5.41) is 8.76. The van der Waals surface area contributed by atoms with Gasteiger partial charge in [0, 0.05) is 12.8 Å². The number of benzene rings is 1. The van der Waals surface area contributed by atoms with Gasteiger partial charge in [0.15, 0.2) is 0 Å². The number of aromatic amines is 1. The molecule has 1 amide bonds. The van der Waals surface area contributed by atoms with Gasteiger partial charge in [-0.2, -0.15) is 0 Å². The van der Waals surface area contributed by atoms with Gasteiger partial charge < -0.3 is 15.0 Å². The minimum Gasteiger partial charge on any atom is -0.480 e. The number of imidazole rings is 1. The Kier molecular flexibility index (Phi) is 4.57. The van der Waals surface area contributed by atoms with Crippen molar-refractivity contribution in [3.63, 3.8) is 0 Å². The molecule has 21 heavy (non-hydrogen) atoms. The molecule has 6 nitrogen and oxygen atoms in total. The van der Waals surface area contributed by atoms with Gasteiger partial charge in [-0.3, -0.25) is 9.59 Å². The predicted molar refractivity (Wildman–Crippen MR) is 77.5 cm³/mol. The van der Waals surface area contributed by atoms with Crippen LogP contribution in [0, 0.1) is 12.3 Å². The van der Waals surface area contributed by atoms with E-state index in [1.807, 2.05) is 24.3 Å². The van der Waals surface area contributed by atoms with Gasteiger partial charge in [-0.15, -0.1) is 6.42 Å². The van der Waals surface area contributed by atoms with Gasteiger partial charge in [-0.25, -0.2) is 4.98 Å². The molecule has 0 atom stereocenters. The zero-order valence-electron chi connectivity index (χ0n) is 11.4. The monoisotopic (exact) mass is 285 g/mol. The van der Waals surface area contributed by atoms with Gasteiger partial charge in [0.25, 0.3) is 0 Å². The normalized spacial score (nSPS) is 10.2. The summed E-state index contributed by atoms with van der Waals surface area (Å²) in [5.41, 5.74) is 1.75. The summed E-state index contributed by atoms with van der Waals surface area (Å²) in [6, 6.07) is 7.57. The standard InChI is InChI=1S/C15H15N3O3/c1-2-9-18(10-15(20)21)14(19)8-7-13-16-11-5-3-4-6-12(11)17-13/h1,3-6H,7-10H2,(H,16,17)(H,20,21). The number of carboxylic acids is 1. The average Bonchev–Trinajstić information content (AvgIpc) is 2.86. The number of carbonyl (C=O) groups excluding carboxylic acids is 1. The lowest BCUT2D eigenvalue weighted by atomic mass is 10.2. The lowest BCUT2D eigenvalue weighted by molar-refractivity contribution is -0.144. The molecule has 1 aromatic carbocycles. The van der Waals surface area contributed by atoms with Crippen LogP contribution in [-0.4, -0.2) is 44.9 Å². The molecule has 0 saturated carbocycles. The fourth-order valence-electron chi connectivity index (χ4n) is 2.01. The van der Waals surface area contributed by atoms with Crippen molar-refractivity contribution in [1.82, 2.24) is 14.9 Å². The number of carbonyl (C=O) groups is 2. The maximum atomic E-state index is 12.0. The van der Waals surface area contributed by atoms with Crippen LogP contribution in [0.3, 0.4) is 0 Å². The minimum absolute atomic E-state index is 0.00867. The SMILES string of the molecule is C#CCN(CC(=O)O)C(=O)CCc1nc2ccccc2[nH]1. The second kappa shape index (κ2) is 6.57. The van der Waals surface area contributed by atoms with Crippen molar-refractivity contribution < 1.29 is 14.7 Å². The molecule has 2 N–H and O–H groups in total. The number of para-hydroxylation sites is 2. The van der Waals surface area contributed by atoms with Crippen molar-refractivity contribution in [2.75, 3.05) is 13.1 Å². The van der Waals surface area contributed by atoms with Gasteiger partial charge in [0.05, 0.1) is 17.6 Å². The number of hydrogen-bond acceptors (Lipinski definition) is 3. The number of H-pyrrole nitrogens is 1. The van der Waals surface area contributed by atoms with Gasteiger partial charge in [-0.05, 0) is 12.1 Å². The molecule has 0 fully saturated rings. The van der Waals surface area contributed by atoms with Crippen LogP contribution in [-0.2, 0) is 16.0 Å². The molecular weight excluding hydrogens is 270 g/mol. The molecule has 2 aromatic rings. The molecule has 1 aromatic heterocycles. The number of aromatic nitrogens is 2. The number of amides is 1. The number of aryl methyl sites for hydroxylation is 1. The smallest absolute Gasteiger partial charge is 0.323 e. The van der Waals surface area contributed by atoms with E-state index in [4.69, 9.17) is 11.5 Å². The molecule has 1 heterocycles. The highest BCUT2D eigenvalue weighted by atomic mass is 16.4. The Hall–Kier alpha value is -2.81. The second-order valence-corrected chi connectivity index (χ2v) is 4.55. The molecular formula is C15H15N3O3. The maximum Gasteiger partial charge on any atom is 0.323 e. The van der Waals surface area contributed by atoms with Crippen LogP contribution in [0.2, 0.25) is 0 Å². The highest BCUT2D eigenvalue weighted by Gasteiger charge is 2.16. The van der Waals surface area contributed by atoms with Crippen LogP contribution in [0.5, 0.6) is 0 Å². The molecule has 0 bridgehead atoms. The van der Waals surface area contributed by atoms with Gasteiger partial charge in [0.2, 0.25) is 5.91 Å². The van der Waals surface area contributed by atoms with E-state index in [-0.39, 0.29) is 25.4 Å². The van der Waals surface area contributed by atoms with E-state index in [0.29, 0.717) is 12.2 Å². The summed E-state index contributed by atoms with van der Waals surface area (Å²) < 4.78 is 0. The first-order chi connectivity index (χ1) is 10.1. The molecule has 0 spiro atoms. The average molecular weight is 285 g/mol. The Morgan fingerprint density at radius 1 is 1.38 bits per heavy atom. The van der Waals surface area contributed by atoms with E-state index in [0.717, 1.165) is 15.9 Å². The van der Waals surface area contributed by atoms with Gasteiger partial charge in [-0.1, -0.05) is 18.1 Å². The van der Waals surface area contributed by atoms with Crippen LogP contribution in [0.15, 0.2) is 24.3 Å². The summed E-state index contributed by atoms with van der Waals surface area (Å²) >= 11 is 0. The first-order valence-corrected chi connectivity index (χ1v) is 6.47. The van der Waals surface area contributed by atoms with E-state index in [1.54, 1.807) is 0 Å². The molecule has 0 aliphatic carbocycles. The third-order valence-electron chi connectivity index (χ3n) is 2.98. The number of aliphatic carboxylic acids is 1. The predicted octanol–water partition coefficient (Wildman–Crippen LogP) is 1.04. The van der Waals surface area contributed by atoms with Crippen molar-refractivity contribution in [3.05, 3.63) is 30.1 Å². The molecule has 0 aliphatic rings. The Morgan fingerprint density at radius 3 is 2.81 bits per heavy atom. The van der Waals surface area contributed by atoms with E-state index < -0.39 is 5.97 Å². The van der Waals surface area contributed by atoms with Crippen molar-refractivity contribution in [3.8, 4) is 12.3 Å². The van der Waals surface area contributed by atoms with E-state index in [9.17, 15) is 9.59 Å². The number of nitrogens with zero attached hydrogens (tertiary/aromatic N) is 2. The molecule has 0 saturated heterocycles. The third-order valence-corrected chi connectivity index (χ3v) is 2.98. The van der Waals surface area contributed by atoms with Crippen LogP contribution < -0.4 is 0 Å². The highest BCUT2D eigenvalue weighted by molar-refractivity contribution is 5.82. The largest absolute Gasteiger partial charge is 0.480 e. The Bertz CT molecular complexity index is 666. The van der Waals surface area contributed by atoms with E-state index >= 15 is 0 Å². The van der Waals surface area contributed by atoms with Crippen molar-refractivity contribution in [1.29, 1.82) is 0 Å². The first kappa shape index (κ1) is 14.6. The summed E-state index contributed by atoms with van der Waals surface area (Å²) in [6.45, 7) is -0.394. The second-order valence-electron chi connectivity index (χ2n) is 4.55. The molecule has 0 radical (unpaired) electrons. The Labute approximate surface area is 121 Å². The fraction of sp³-hybridized carbons (Fsp3) is 0.267. The summed E-state index contributed by atoms with van der Waals surface area (Å²) in [4.78, 5) is 31.3. The van der Waals surface area contributed by atoms with Crippen molar-refractivity contribution in [2.24, 2.45) is 0 Å². The third kappa shape index (κ3) is 3.83.